The smallest absolute Gasteiger partial charge is 0.303 e. The number of hydrogen-bond donors (Lipinski definition) is 0. The van der Waals surface area contributed by atoms with E-state index < -0.39 is 61.1 Å². The Bertz CT molecular complexity index is 1650. The van der Waals surface area contributed by atoms with E-state index in [1.165, 1.54) is 6.92 Å². The molecule has 9 nitrogen and oxygen atoms in total. The van der Waals surface area contributed by atoms with Crippen molar-refractivity contribution in [1.29, 1.82) is 0 Å². The summed E-state index contributed by atoms with van der Waals surface area (Å²) in [7, 11) is 0. The second-order valence-electron chi connectivity index (χ2n) is 13.4. The van der Waals surface area contributed by atoms with E-state index in [0.717, 1.165) is 22.3 Å². The van der Waals surface area contributed by atoms with Gasteiger partial charge in [0.25, 0.3) is 0 Å². The topological polar surface area (TPSA) is 90.9 Å². The van der Waals surface area contributed by atoms with Crippen molar-refractivity contribution in [2.24, 2.45) is 0 Å². The van der Waals surface area contributed by atoms with Gasteiger partial charge in [0.2, 0.25) is 0 Å². The Kier molecular flexibility index (Phi) is 14.5. The molecule has 282 valence electrons. The van der Waals surface area contributed by atoms with Gasteiger partial charge in [-0.05, 0) is 42.4 Å². The van der Waals surface area contributed by atoms with Gasteiger partial charge in [0, 0.05) is 6.92 Å². The second-order valence-corrected chi connectivity index (χ2v) is 14.3. The van der Waals surface area contributed by atoms with E-state index in [1.54, 1.807) is 11.8 Å². The predicted molar refractivity (Wildman–Crippen MR) is 203 cm³/mol. The molecule has 2 fully saturated rings. The molecule has 2 heterocycles. The van der Waals surface area contributed by atoms with Crippen LogP contribution in [0.4, 0.5) is 0 Å². The Morgan fingerprint density at radius 1 is 0.528 bits per heavy atom. The number of benzene rings is 4. The first kappa shape index (κ1) is 39.1. The number of hydrogen-bond acceptors (Lipinski definition) is 10. The molecular formula is C43H50O9S. The summed E-state index contributed by atoms with van der Waals surface area (Å²) in [4.78, 5) is 12.4. The van der Waals surface area contributed by atoms with Gasteiger partial charge in [0.05, 0.1) is 38.6 Å². The summed E-state index contributed by atoms with van der Waals surface area (Å²) >= 11 is 1.58. The van der Waals surface area contributed by atoms with Gasteiger partial charge >= 0.3 is 5.97 Å². The molecule has 10 atom stereocenters. The zero-order chi connectivity index (χ0) is 37.0. The molecule has 0 radical (unpaired) electrons. The van der Waals surface area contributed by atoms with Crippen molar-refractivity contribution in [3.05, 3.63) is 144 Å². The minimum Gasteiger partial charge on any atom is -0.457 e. The average molecular weight is 743 g/mol. The van der Waals surface area contributed by atoms with Gasteiger partial charge < -0.3 is 37.9 Å². The fraction of sp³-hybridized carbons (Fsp3) is 0.419. The van der Waals surface area contributed by atoms with Gasteiger partial charge in [-0.25, -0.2) is 0 Å². The van der Waals surface area contributed by atoms with E-state index in [1.807, 2.05) is 141 Å². The third-order valence-electron chi connectivity index (χ3n) is 9.42. The van der Waals surface area contributed by atoms with E-state index in [4.69, 9.17) is 37.9 Å². The predicted octanol–water partition coefficient (Wildman–Crippen LogP) is 7.50. The highest BCUT2D eigenvalue weighted by Gasteiger charge is 2.53. The summed E-state index contributed by atoms with van der Waals surface area (Å²) < 4.78 is 52.8. The van der Waals surface area contributed by atoms with Gasteiger partial charge in [0.15, 0.2) is 12.4 Å². The lowest BCUT2D eigenvalue weighted by atomic mass is 9.97. The van der Waals surface area contributed by atoms with Crippen molar-refractivity contribution in [1.82, 2.24) is 0 Å². The maximum atomic E-state index is 12.4. The number of carbonyl (C=O) groups is 1. The Labute approximate surface area is 317 Å². The summed E-state index contributed by atoms with van der Waals surface area (Å²) in [6.45, 7) is 6.47. The molecule has 0 spiro atoms. The molecule has 0 amide bonds. The van der Waals surface area contributed by atoms with Crippen LogP contribution >= 0.6 is 11.8 Å². The van der Waals surface area contributed by atoms with E-state index in [0.29, 0.717) is 13.2 Å². The molecule has 10 heteroatoms. The number of ether oxygens (including phenoxy) is 8. The quantitative estimate of drug-likeness (QED) is 0.108. The highest BCUT2D eigenvalue weighted by Crippen LogP contribution is 2.37. The lowest BCUT2D eigenvalue weighted by molar-refractivity contribution is -0.348. The molecule has 0 unspecified atom stereocenters. The van der Waals surface area contributed by atoms with Crippen LogP contribution < -0.4 is 0 Å². The summed E-state index contributed by atoms with van der Waals surface area (Å²) in [6, 6.07) is 39.8. The number of thioether (sulfide) groups is 1. The molecule has 4 aromatic rings. The standard InChI is InChI=1S/C43H50O9S/c1-29-36(51-31(3)44)38(45-25-32-17-9-5-10-18-32)40(47-27-34-21-13-7-14-22-34)42(49-29)52-37-30(2)50-43(53-4)41(48-28-35-23-15-8-16-24-35)39(37)46-26-33-19-11-6-12-20-33/h5-24,29-30,36-43H,25-28H2,1-4H3/t29-,30-,36-,37-,38+,39+,40+,41+,42-,43-/m0/s1. The SMILES string of the molecule is CS[C@@H]1O[C@@H](C)[C@H](O[C@@H]2O[C@@H](C)[C@H](OC(C)=O)[C@@H](OCc3ccccc3)[C@H]2OCc2ccccc2)[C@@H](OCc2ccccc2)[C@H]1OCc1ccccc1. The molecule has 0 aliphatic carbocycles. The van der Waals surface area contributed by atoms with Crippen molar-refractivity contribution >= 4 is 17.7 Å². The van der Waals surface area contributed by atoms with Crippen molar-refractivity contribution < 1.29 is 42.7 Å². The highest BCUT2D eigenvalue weighted by atomic mass is 32.2. The van der Waals surface area contributed by atoms with Gasteiger partial charge in [-0.1, -0.05) is 121 Å². The molecule has 0 N–H and O–H groups in total. The van der Waals surface area contributed by atoms with Crippen LogP contribution in [0.2, 0.25) is 0 Å². The van der Waals surface area contributed by atoms with Gasteiger partial charge in [0.1, 0.15) is 36.0 Å². The Balaban J connectivity index is 1.32. The fourth-order valence-electron chi connectivity index (χ4n) is 6.74. The van der Waals surface area contributed by atoms with Gasteiger partial charge in [-0.2, -0.15) is 0 Å². The number of esters is 1. The van der Waals surface area contributed by atoms with Crippen LogP contribution in [0.5, 0.6) is 0 Å². The summed E-state index contributed by atoms with van der Waals surface area (Å²) in [5, 5.41) is 0. The molecule has 0 bridgehead atoms. The van der Waals surface area contributed by atoms with Crippen LogP contribution in [-0.4, -0.2) is 72.8 Å². The molecule has 2 aliphatic heterocycles. The molecule has 4 aromatic carbocycles. The third-order valence-corrected chi connectivity index (χ3v) is 10.3. The van der Waals surface area contributed by atoms with Crippen LogP contribution in [0.25, 0.3) is 0 Å². The molecule has 0 aromatic heterocycles. The summed E-state index contributed by atoms with van der Waals surface area (Å²) in [5.41, 5.74) is 3.68. The average Bonchev–Trinajstić information content (AvgIpc) is 3.18. The van der Waals surface area contributed by atoms with E-state index in [9.17, 15) is 4.79 Å². The normalized spacial score (nSPS) is 28.7. The summed E-state index contributed by atoms with van der Waals surface area (Å²) in [5.74, 6) is -0.440. The molecule has 2 aliphatic rings. The number of rotatable bonds is 16. The van der Waals surface area contributed by atoms with Crippen LogP contribution in [0.1, 0.15) is 43.0 Å². The minimum atomic E-state index is -0.944. The van der Waals surface area contributed by atoms with Crippen LogP contribution in [-0.2, 0) is 69.1 Å². The zero-order valence-corrected chi connectivity index (χ0v) is 31.5. The maximum Gasteiger partial charge on any atom is 0.303 e. The highest BCUT2D eigenvalue weighted by molar-refractivity contribution is 7.99. The lowest BCUT2D eigenvalue weighted by Gasteiger charge is -2.49. The Hall–Kier alpha value is -3.58. The van der Waals surface area contributed by atoms with E-state index in [-0.39, 0.29) is 18.6 Å². The zero-order valence-electron chi connectivity index (χ0n) is 30.7. The van der Waals surface area contributed by atoms with Crippen molar-refractivity contribution in [3.63, 3.8) is 0 Å². The molecule has 0 saturated carbocycles. The summed E-state index contributed by atoms with van der Waals surface area (Å²) in [6.07, 6.45) is -3.90. The molecule has 53 heavy (non-hydrogen) atoms. The monoisotopic (exact) mass is 742 g/mol. The molecule has 2 saturated heterocycles. The first-order chi connectivity index (χ1) is 25.9. The Morgan fingerprint density at radius 3 is 1.32 bits per heavy atom. The van der Waals surface area contributed by atoms with Crippen LogP contribution in [0, 0.1) is 0 Å². The lowest BCUT2D eigenvalue weighted by Crippen LogP contribution is -2.64. The first-order valence-electron chi connectivity index (χ1n) is 18.2. The van der Waals surface area contributed by atoms with Crippen molar-refractivity contribution in [2.45, 2.75) is 108 Å². The van der Waals surface area contributed by atoms with E-state index >= 15 is 0 Å². The largest absolute Gasteiger partial charge is 0.457 e. The maximum absolute atomic E-state index is 12.4. The van der Waals surface area contributed by atoms with Crippen LogP contribution in [0.15, 0.2) is 121 Å². The third kappa shape index (κ3) is 10.8. The van der Waals surface area contributed by atoms with Gasteiger partial charge in [-0.3, -0.25) is 4.79 Å². The van der Waals surface area contributed by atoms with Crippen LogP contribution in [0.3, 0.4) is 0 Å². The van der Waals surface area contributed by atoms with Crippen molar-refractivity contribution in [2.75, 3.05) is 6.26 Å². The number of carbonyl (C=O) groups excluding carboxylic acids is 1. The second kappa shape index (κ2) is 19.7. The van der Waals surface area contributed by atoms with E-state index in [2.05, 4.69) is 0 Å². The van der Waals surface area contributed by atoms with Gasteiger partial charge in [-0.15, -0.1) is 11.8 Å². The molecular weight excluding hydrogens is 693 g/mol. The first-order valence-corrected chi connectivity index (χ1v) is 19.5. The Morgan fingerprint density at radius 2 is 0.906 bits per heavy atom. The minimum absolute atomic E-state index is 0.253. The molecule has 6 rings (SSSR count). The van der Waals surface area contributed by atoms with Crippen molar-refractivity contribution in [3.8, 4) is 0 Å². The fourth-order valence-corrected chi connectivity index (χ4v) is 7.53.